The summed E-state index contributed by atoms with van der Waals surface area (Å²) in [5.41, 5.74) is 0.602. The molecule has 0 saturated carbocycles. The summed E-state index contributed by atoms with van der Waals surface area (Å²) in [6.45, 7) is 3.02. The SMILES string of the molecule is CNCCCNC(=O)c1cc(C(C)=O)cs1.Cl. The van der Waals surface area contributed by atoms with Gasteiger partial charge >= 0.3 is 0 Å². The molecule has 0 saturated heterocycles. The molecule has 2 N–H and O–H groups in total. The fourth-order valence-corrected chi connectivity index (χ4v) is 2.06. The van der Waals surface area contributed by atoms with Gasteiger partial charge in [-0.3, -0.25) is 9.59 Å². The summed E-state index contributed by atoms with van der Waals surface area (Å²) in [6, 6.07) is 1.64. The molecule has 0 aliphatic rings. The van der Waals surface area contributed by atoms with Crippen LogP contribution in [0.1, 0.15) is 33.4 Å². The maximum absolute atomic E-state index is 11.6. The summed E-state index contributed by atoms with van der Waals surface area (Å²) < 4.78 is 0. The van der Waals surface area contributed by atoms with Crippen molar-refractivity contribution in [2.45, 2.75) is 13.3 Å². The minimum Gasteiger partial charge on any atom is -0.351 e. The summed E-state index contributed by atoms with van der Waals surface area (Å²) in [6.07, 6.45) is 0.896. The quantitative estimate of drug-likeness (QED) is 0.614. The Balaban J connectivity index is 0.00000256. The van der Waals surface area contributed by atoms with Crippen molar-refractivity contribution >= 4 is 35.4 Å². The van der Waals surface area contributed by atoms with E-state index >= 15 is 0 Å². The first-order valence-electron chi connectivity index (χ1n) is 5.17. The average Bonchev–Trinajstić information content (AvgIpc) is 2.73. The third kappa shape index (κ3) is 5.30. The van der Waals surface area contributed by atoms with Gasteiger partial charge in [-0.2, -0.15) is 0 Å². The van der Waals surface area contributed by atoms with E-state index in [-0.39, 0.29) is 24.1 Å². The Hall–Kier alpha value is -0.910. The van der Waals surface area contributed by atoms with E-state index in [1.807, 2.05) is 7.05 Å². The van der Waals surface area contributed by atoms with Gasteiger partial charge in [0.15, 0.2) is 5.78 Å². The highest BCUT2D eigenvalue weighted by Crippen LogP contribution is 2.14. The molecule has 0 aromatic carbocycles. The summed E-state index contributed by atoms with van der Waals surface area (Å²) in [5.74, 6) is -0.112. The van der Waals surface area contributed by atoms with Gasteiger partial charge in [-0.25, -0.2) is 0 Å². The monoisotopic (exact) mass is 276 g/mol. The number of hydrogen-bond acceptors (Lipinski definition) is 4. The summed E-state index contributed by atoms with van der Waals surface area (Å²) in [5, 5.41) is 7.53. The van der Waals surface area contributed by atoms with Crippen LogP contribution in [0.4, 0.5) is 0 Å². The van der Waals surface area contributed by atoms with E-state index in [1.165, 1.54) is 18.3 Å². The Morgan fingerprint density at radius 3 is 2.59 bits per heavy atom. The second-order valence-electron chi connectivity index (χ2n) is 3.47. The van der Waals surface area contributed by atoms with Crippen LogP contribution in [0, 0.1) is 0 Å². The molecule has 0 unspecified atom stereocenters. The molecule has 6 heteroatoms. The lowest BCUT2D eigenvalue weighted by Crippen LogP contribution is -2.25. The molecule has 96 valence electrons. The molecule has 0 spiro atoms. The van der Waals surface area contributed by atoms with Gasteiger partial charge in [0.1, 0.15) is 0 Å². The molecule has 1 heterocycles. The van der Waals surface area contributed by atoms with Gasteiger partial charge in [0.25, 0.3) is 5.91 Å². The molecule has 0 bridgehead atoms. The van der Waals surface area contributed by atoms with E-state index in [9.17, 15) is 9.59 Å². The van der Waals surface area contributed by atoms with Gasteiger partial charge in [-0.15, -0.1) is 23.7 Å². The molecular formula is C11H17ClN2O2S. The number of carbonyl (C=O) groups excluding carboxylic acids is 2. The summed E-state index contributed by atoms with van der Waals surface area (Å²) in [4.78, 5) is 23.3. The number of Topliss-reactive ketones (excluding diaryl/α,β-unsaturated/α-hetero) is 1. The van der Waals surface area contributed by atoms with Gasteiger partial charge < -0.3 is 10.6 Å². The first kappa shape index (κ1) is 16.1. The normalized spacial score (nSPS) is 9.53. The van der Waals surface area contributed by atoms with Crippen molar-refractivity contribution in [3.05, 3.63) is 21.9 Å². The zero-order chi connectivity index (χ0) is 12.0. The van der Waals surface area contributed by atoms with E-state index in [0.717, 1.165) is 13.0 Å². The molecule has 0 fully saturated rings. The fraction of sp³-hybridized carbons (Fsp3) is 0.455. The average molecular weight is 277 g/mol. The Morgan fingerprint density at radius 1 is 1.35 bits per heavy atom. The van der Waals surface area contributed by atoms with Crippen LogP contribution in [0.3, 0.4) is 0 Å². The van der Waals surface area contributed by atoms with Crippen molar-refractivity contribution in [1.82, 2.24) is 10.6 Å². The standard InChI is InChI=1S/C11H16N2O2S.ClH/c1-8(14)9-6-10(16-7-9)11(15)13-5-3-4-12-2;/h6-7,12H,3-5H2,1-2H3,(H,13,15);1H. The number of halogens is 1. The predicted molar refractivity (Wildman–Crippen MR) is 72.4 cm³/mol. The van der Waals surface area contributed by atoms with Gasteiger partial charge in [-0.05, 0) is 33.0 Å². The number of carbonyl (C=O) groups is 2. The molecule has 1 rings (SSSR count). The van der Waals surface area contributed by atoms with E-state index in [2.05, 4.69) is 10.6 Å². The smallest absolute Gasteiger partial charge is 0.261 e. The van der Waals surface area contributed by atoms with Crippen LogP contribution in [0.5, 0.6) is 0 Å². The molecule has 17 heavy (non-hydrogen) atoms. The van der Waals surface area contributed by atoms with E-state index in [1.54, 1.807) is 11.4 Å². The Kier molecular flexibility index (Phi) is 7.78. The number of nitrogens with one attached hydrogen (secondary N) is 2. The first-order valence-corrected chi connectivity index (χ1v) is 6.05. The lowest BCUT2D eigenvalue weighted by atomic mass is 10.2. The second-order valence-corrected chi connectivity index (χ2v) is 4.38. The van der Waals surface area contributed by atoms with Crippen LogP contribution in [0.2, 0.25) is 0 Å². The van der Waals surface area contributed by atoms with Crippen molar-refractivity contribution in [2.75, 3.05) is 20.1 Å². The van der Waals surface area contributed by atoms with Gasteiger partial charge in [0.2, 0.25) is 0 Å². The van der Waals surface area contributed by atoms with Crippen LogP contribution in [0.25, 0.3) is 0 Å². The number of ketones is 1. The zero-order valence-electron chi connectivity index (χ0n) is 9.91. The van der Waals surface area contributed by atoms with E-state index < -0.39 is 0 Å². The number of hydrogen-bond donors (Lipinski definition) is 2. The minimum atomic E-state index is -0.103. The fourth-order valence-electron chi connectivity index (χ4n) is 1.19. The largest absolute Gasteiger partial charge is 0.351 e. The molecular weight excluding hydrogens is 260 g/mol. The maximum Gasteiger partial charge on any atom is 0.261 e. The molecule has 4 nitrogen and oxygen atoms in total. The Labute approximate surface area is 111 Å². The van der Waals surface area contributed by atoms with Crippen molar-refractivity contribution in [3.63, 3.8) is 0 Å². The molecule has 0 atom stereocenters. The lowest BCUT2D eigenvalue weighted by Gasteiger charge is -2.02. The third-order valence-corrected chi connectivity index (χ3v) is 3.05. The van der Waals surface area contributed by atoms with Crippen LogP contribution >= 0.6 is 23.7 Å². The molecule has 1 amide bonds. The van der Waals surface area contributed by atoms with E-state index in [4.69, 9.17) is 0 Å². The summed E-state index contributed by atoms with van der Waals surface area (Å²) in [7, 11) is 1.88. The Bertz CT molecular complexity index is 379. The van der Waals surface area contributed by atoms with Crippen molar-refractivity contribution in [2.24, 2.45) is 0 Å². The number of amides is 1. The topological polar surface area (TPSA) is 58.2 Å². The Morgan fingerprint density at radius 2 is 2.06 bits per heavy atom. The predicted octanol–water partition coefficient (Wildman–Crippen LogP) is 1.71. The van der Waals surface area contributed by atoms with E-state index in [0.29, 0.717) is 17.0 Å². The van der Waals surface area contributed by atoms with Crippen LogP contribution in [-0.4, -0.2) is 31.8 Å². The summed E-state index contributed by atoms with van der Waals surface area (Å²) >= 11 is 1.30. The molecule has 1 aromatic rings. The van der Waals surface area contributed by atoms with Crippen LogP contribution in [-0.2, 0) is 0 Å². The molecule has 0 aliphatic carbocycles. The highest BCUT2D eigenvalue weighted by molar-refractivity contribution is 7.12. The lowest BCUT2D eigenvalue weighted by molar-refractivity contribution is 0.0957. The zero-order valence-corrected chi connectivity index (χ0v) is 11.5. The van der Waals surface area contributed by atoms with Crippen LogP contribution in [0.15, 0.2) is 11.4 Å². The molecule has 1 aromatic heterocycles. The van der Waals surface area contributed by atoms with Gasteiger partial charge in [0, 0.05) is 17.5 Å². The highest BCUT2D eigenvalue weighted by Gasteiger charge is 2.10. The molecule has 0 radical (unpaired) electrons. The molecule has 0 aliphatic heterocycles. The van der Waals surface area contributed by atoms with Gasteiger partial charge in [0.05, 0.1) is 4.88 Å². The third-order valence-electron chi connectivity index (χ3n) is 2.12. The second kappa shape index (κ2) is 8.22. The van der Waals surface area contributed by atoms with Gasteiger partial charge in [-0.1, -0.05) is 0 Å². The van der Waals surface area contributed by atoms with Crippen molar-refractivity contribution < 1.29 is 9.59 Å². The van der Waals surface area contributed by atoms with Crippen LogP contribution < -0.4 is 10.6 Å². The highest BCUT2D eigenvalue weighted by atomic mass is 35.5. The maximum atomic E-state index is 11.6. The minimum absolute atomic E-state index is 0. The first-order chi connectivity index (χ1) is 7.65. The van der Waals surface area contributed by atoms with Crippen molar-refractivity contribution in [1.29, 1.82) is 0 Å². The number of thiophene rings is 1. The van der Waals surface area contributed by atoms with Crippen molar-refractivity contribution in [3.8, 4) is 0 Å². The number of rotatable bonds is 6.